The van der Waals surface area contributed by atoms with Crippen molar-refractivity contribution in [2.75, 3.05) is 13.7 Å². The van der Waals surface area contributed by atoms with Crippen LogP contribution in [-0.2, 0) is 22.6 Å². The highest BCUT2D eigenvalue weighted by Crippen LogP contribution is 2.30. The molecule has 1 N–H and O–H groups in total. The van der Waals surface area contributed by atoms with E-state index >= 15 is 0 Å². The molecule has 0 aliphatic heterocycles. The fourth-order valence-electron chi connectivity index (χ4n) is 4.42. The minimum Gasteiger partial charge on any atom is -0.465 e. The van der Waals surface area contributed by atoms with Crippen molar-refractivity contribution >= 4 is 5.97 Å². The van der Waals surface area contributed by atoms with E-state index in [0.29, 0.717) is 24.2 Å². The summed E-state index contributed by atoms with van der Waals surface area (Å²) >= 11 is 0. The molecule has 4 rings (SSSR count). The number of rotatable bonds is 9. The van der Waals surface area contributed by atoms with E-state index in [-0.39, 0.29) is 5.97 Å². The maximum atomic E-state index is 11.5. The highest BCUT2D eigenvalue weighted by atomic mass is 16.5. The third-order valence-corrected chi connectivity index (χ3v) is 6.21. The van der Waals surface area contributed by atoms with Crippen LogP contribution in [0.25, 0.3) is 11.1 Å². The number of carbonyl (C=O) groups excluding carboxylic acids is 1. The zero-order valence-corrected chi connectivity index (χ0v) is 18.6. The molecule has 0 spiro atoms. The molecule has 32 heavy (non-hydrogen) atoms. The molecule has 4 nitrogen and oxygen atoms in total. The van der Waals surface area contributed by atoms with E-state index in [1.807, 2.05) is 30.3 Å². The van der Waals surface area contributed by atoms with Gasteiger partial charge in [-0.1, -0.05) is 66.7 Å². The van der Waals surface area contributed by atoms with Crippen LogP contribution in [0.4, 0.5) is 0 Å². The van der Waals surface area contributed by atoms with Gasteiger partial charge in [-0.15, -0.1) is 0 Å². The van der Waals surface area contributed by atoms with Crippen molar-refractivity contribution in [3.05, 3.63) is 95.6 Å². The Morgan fingerprint density at radius 3 is 2.47 bits per heavy atom. The summed E-state index contributed by atoms with van der Waals surface area (Å²) in [6, 6.07) is 26.6. The zero-order valence-electron chi connectivity index (χ0n) is 18.6. The van der Waals surface area contributed by atoms with Crippen LogP contribution < -0.4 is 5.32 Å². The molecule has 3 aromatic carbocycles. The van der Waals surface area contributed by atoms with Gasteiger partial charge in [-0.3, -0.25) is 0 Å². The summed E-state index contributed by atoms with van der Waals surface area (Å²) in [6.07, 6.45) is 3.74. The first-order valence-corrected chi connectivity index (χ1v) is 11.4. The van der Waals surface area contributed by atoms with Crippen LogP contribution in [0.3, 0.4) is 0 Å². The third-order valence-electron chi connectivity index (χ3n) is 6.21. The molecule has 1 saturated carbocycles. The molecule has 4 heteroatoms. The van der Waals surface area contributed by atoms with Crippen molar-refractivity contribution in [3.8, 4) is 11.1 Å². The molecule has 1 aliphatic carbocycles. The maximum absolute atomic E-state index is 11.5. The number of esters is 1. The standard InChI is InChI=1S/C28H31NO3/c1-31-28(30)24-14-11-21(12-15-24)18-29-19-22-13-16-26(17-22)32-20-25-9-5-6-10-27(25)23-7-3-2-4-8-23/h2-12,14-15,22,26,29H,13,16-20H2,1H3/t22-,26?/m0/s1. The largest absolute Gasteiger partial charge is 0.465 e. The SMILES string of the molecule is COC(=O)c1ccc(CNC[C@H]2CCC(OCc3ccccc3-c3ccccc3)C2)cc1. The fourth-order valence-corrected chi connectivity index (χ4v) is 4.42. The molecule has 1 fully saturated rings. The first-order valence-electron chi connectivity index (χ1n) is 11.4. The minimum atomic E-state index is -0.298. The summed E-state index contributed by atoms with van der Waals surface area (Å²) in [5.74, 6) is 0.339. The Morgan fingerprint density at radius 1 is 0.938 bits per heavy atom. The van der Waals surface area contributed by atoms with Gasteiger partial charge in [-0.25, -0.2) is 4.79 Å². The number of ether oxygens (including phenoxy) is 2. The van der Waals surface area contributed by atoms with Crippen LogP contribution in [0.2, 0.25) is 0 Å². The van der Waals surface area contributed by atoms with E-state index in [1.165, 1.54) is 35.8 Å². The topological polar surface area (TPSA) is 47.6 Å². The van der Waals surface area contributed by atoms with Gasteiger partial charge in [-0.2, -0.15) is 0 Å². The van der Waals surface area contributed by atoms with Crippen LogP contribution >= 0.6 is 0 Å². The first kappa shape index (κ1) is 22.3. The quantitative estimate of drug-likeness (QED) is 0.449. The summed E-state index contributed by atoms with van der Waals surface area (Å²) in [5.41, 5.74) is 5.49. The maximum Gasteiger partial charge on any atom is 0.337 e. The van der Waals surface area contributed by atoms with E-state index in [4.69, 9.17) is 9.47 Å². The van der Waals surface area contributed by atoms with Crippen molar-refractivity contribution < 1.29 is 14.3 Å². The molecular formula is C28H31NO3. The first-order chi connectivity index (χ1) is 15.7. The van der Waals surface area contributed by atoms with Gasteiger partial charge in [0.25, 0.3) is 0 Å². The molecule has 0 saturated heterocycles. The molecule has 0 aromatic heterocycles. The van der Waals surface area contributed by atoms with Crippen molar-refractivity contribution in [1.82, 2.24) is 5.32 Å². The van der Waals surface area contributed by atoms with E-state index in [2.05, 4.69) is 53.8 Å². The lowest BCUT2D eigenvalue weighted by Crippen LogP contribution is -2.21. The van der Waals surface area contributed by atoms with Crippen molar-refractivity contribution in [2.24, 2.45) is 5.92 Å². The van der Waals surface area contributed by atoms with Crippen LogP contribution in [0.5, 0.6) is 0 Å². The van der Waals surface area contributed by atoms with Crippen LogP contribution in [0, 0.1) is 5.92 Å². The predicted octanol–water partition coefficient (Wildman–Crippen LogP) is 5.62. The second kappa shape index (κ2) is 11.1. The van der Waals surface area contributed by atoms with E-state index in [0.717, 1.165) is 25.9 Å². The highest BCUT2D eigenvalue weighted by Gasteiger charge is 2.25. The smallest absolute Gasteiger partial charge is 0.337 e. The lowest BCUT2D eigenvalue weighted by atomic mass is 10.0. The molecule has 0 heterocycles. The molecule has 166 valence electrons. The van der Waals surface area contributed by atoms with Gasteiger partial charge in [0.1, 0.15) is 0 Å². The number of benzene rings is 3. The Kier molecular flexibility index (Phi) is 7.70. The number of carbonyl (C=O) groups is 1. The molecule has 3 aromatic rings. The molecular weight excluding hydrogens is 398 g/mol. The number of nitrogens with one attached hydrogen (secondary N) is 1. The summed E-state index contributed by atoms with van der Waals surface area (Å²) in [6.45, 7) is 2.44. The average Bonchev–Trinajstić information content (AvgIpc) is 3.31. The lowest BCUT2D eigenvalue weighted by Gasteiger charge is -2.15. The van der Waals surface area contributed by atoms with Gasteiger partial charge < -0.3 is 14.8 Å². The van der Waals surface area contributed by atoms with Crippen molar-refractivity contribution in [3.63, 3.8) is 0 Å². The number of hydrogen-bond donors (Lipinski definition) is 1. The molecule has 0 bridgehead atoms. The Morgan fingerprint density at radius 2 is 1.69 bits per heavy atom. The van der Waals surface area contributed by atoms with Crippen molar-refractivity contribution in [1.29, 1.82) is 0 Å². The van der Waals surface area contributed by atoms with E-state index < -0.39 is 0 Å². The van der Waals surface area contributed by atoms with E-state index in [9.17, 15) is 4.79 Å². The van der Waals surface area contributed by atoms with Crippen LogP contribution in [-0.4, -0.2) is 25.7 Å². The monoisotopic (exact) mass is 429 g/mol. The molecule has 0 amide bonds. The van der Waals surface area contributed by atoms with Crippen LogP contribution in [0.1, 0.15) is 40.7 Å². The van der Waals surface area contributed by atoms with E-state index in [1.54, 1.807) is 0 Å². The van der Waals surface area contributed by atoms with Gasteiger partial charge in [0.15, 0.2) is 0 Å². The second-order valence-electron chi connectivity index (χ2n) is 8.45. The minimum absolute atomic E-state index is 0.298. The summed E-state index contributed by atoms with van der Waals surface area (Å²) in [4.78, 5) is 11.5. The molecule has 1 aliphatic rings. The van der Waals surface area contributed by atoms with Gasteiger partial charge in [0.05, 0.1) is 25.4 Å². The van der Waals surface area contributed by atoms with Gasteiger partial charge in [0, 0.05) is 6.54 Å². The summed E-state index contributed by atoms with van der Waals surface area (Å²) in [5, 5.41) is 3.56. The third kappa shape index (κ3) is 5.84. The second-order valence-corrected chi connectivity index (χ2v) is 8.45. The number of hydrogen-bond acceptors (Lipinski definition) is 4. The Hall–Kier alpha value is -2.95. The van der Waals surface area contributed by atoms with Crippen molar-refractivity contribution in [2.45, 2.75) is 38.5 Å². The fraction of sp³-hybridized carbons (Fsp3) is 0.321. The van der Waals surface area contributed by atoms with Gasteiger partial charge >= 0.3 is 5.97 Å². The molecule has 2 atom stereocenters. The molecule has 0 radical (unpaired) electrons. The Bertz CT molecular complexity index is 1000. The van der Waals surface area contributed by atoms with Crippen LogP contribution in [0.15, 0.2) is 78.9 Å². The average molecular weight is 430 g/mol. The predicted molar refractivity (Wildman–Crippen MR) is 127 cm³/mol. The molecule has 1 unspecified atom stereocenters. The zero-order chi connectivity index (χ0) is 22.2. The van der Waals surface area contributed by atoms with Gasteiger partial charge in [-0.05, 0) is 66.1 Å². The highest BCUT2D eigenvalue weighted by molar-refractivity contribution is 5.89. The normalized spacial score (nSPS) is 17.9. The Balaban J connectivity index is 1.22. The lowest BCUT2D eigenvalue weighted by molar-refractivity contribution is 0.0432. The Labute approximate surface area is 190 Å². The number of methoxy groups -OCH3 is 1. The van der Waals surface area contributed by atoms with Gasteiger partial charge in [0.2, 0.25) is 0 Å². The summed E-state index contributed by atoms with van der Waals surface area (Å²) < 4.78 is 11.1. The summed E-state index contributed by atoms with van der Waals surface area (Å²) in [7, 11) is 1.40.